The monoisotopic (exact) mass is 291 g/mol. The molecule has 2 fully saturated rings. The molecule has 0 aromatic carbocycles. The van der Waals surface area contributed by atoms with Gasteiger partial charge < -0.3 is 9.84 Å². The van der Waals surface area contributed by atoms with E-state index in [0.717, 1.165) is 31.2 Å². The van der Waals surface area contributed by atoms with Crippen LogP contribution in [0.3, 0.4) is 0 Å². The zero-order chi connectivity index (χ0) is 13.5. The lowest BCUT2D eigenvalue weighted by Crippen LogP contribution is -2.44. The lowest BCUT2D eigenvalue weighted by atomic mass is 10.2. The molecule has 4 rings (SSSR count). The van der Waals surface area contributed by atoms with Gasteiger partial charge in [0.25, 0.3) is 5.89 Å². The van der Waals surface area contributed by atoms with Crippen LogP contribution < -0.4 is 5.32 Å². The molecular weight excluding hydrogens is 274 g/mol. The highest BCUT2D eigenvalue weighted by Gasteiger charge is 2.29. The summed E-state index contributed by atoms with van der Waals surface area (Å²) in [5.41, 5.74) is 0.821. The van der Waals surface area contributed by atoms with Crippen molar-refractivity contribution < 1.29 is 4.52 Å². The first-order valence-electron chi connectivity index (χ1n) is 7.01. The summed E-state index contributed by atoms with van der Waals surface area (Å²) < 4.78 is 5.39. The second kappa shape index (κ2) is 4.91. The van der Waals surface area contributed by atoms with Crippen molar-refractivity contribution in [1.82, 2.24) is 25.3 Å². The minimum absolute atomic E-state index is 0.183. The minimum Gasteiger partial charge on any atom is -0.332 e. The smallest absolute Gasteiger partial charge is 0.277 e. The van der Waals surface area contributed by atoms with E-state index in [1.165, 1.54) is 17.8 Å². The van der Waals surface area contributed by atoms with Crippen LogP contribution in [-0.2, 0) is 0 Å². The molecule has 1 saturated carbocycles. The van der Waals surface area contributed by atoms with E-state index in [1.807, 2.05) is 5.38 Å². The van der Waals surface area contributed by atoms with Crippen molar-refractivity contribution in [2.45, 2.75) is 24.8 Å². The molecule has 3 heterocycles. The van der Waals surface area contributed by atoms with E-state index in [0.29, 0.717) is 11.8 Å². The highest BCUT2D eigenvalue weighted by molar-refractivity contribution is 7.10. The number of aromatic nitrogens is 3. The van der Waals surface area contributed by atoms with Crippen molar-refractivity contribution in [3.05, 3.63) is 16.2 Å². The zero-order valence-electron chi connectivity index (χ0n) is 11.4. The number of nitrogens with zero attached hydrogens (tertiary/aromatic N) is 4. The van der Waals surface area contributed by atoms with Crippen LogP contribution in [0.4, 0.5) is 0 Å². The molecule has 6 nitrogen and oxygen atoms in total. The van der Waals surface area contributed by atoms with Gasteiger partial charge in [-0.15, -0.1) is 11.3 Å². The Morgan fingerprint density at radius 1 is 1.40 bits per heavy atom. The van der Waals surface area contributed by atoms with Crippen LogP contribution in [-0.4, -0.2) is 46.7 Å². The van der Waals surface area contributed by atoms with Gasteiger partial charge in [0.1, 0.15) is 5.69 Å². The summed E-state index contributed by atoms with van der Waals surface area (Å²) in [6.45, 7) is 2.87. The maximum Gasteiger partial charge on any atom is 0.277 e. The second-order valence-electron chi connectivity index (χ2n) is 5.50. The third-order valence-corrected chi connectivity index (χ3v) is 4.93. The molecule has 0 bridgehead atoms. The molecule has 0 radical (unpaired) electrons. The van der Waals surface area contributed by atoms with Crippen molar-refractivity contribution >= 4 is 11.3 Å². The number of rotatable bonds is 3. The van der Waals surface area contributed by atoms with E-state index in [4.69, 9.17) is 4.52 Å². The van der Waals surface area contributed by atoms with Gasteiger partial charge in [-0.2, -0.15) is 4.98 Å². The van der Waals surface area contributed by atoms with Gasteiger partial charge in [0, 0.05) is 30.9 Å². The summed E-state index contributed by atoms with van der Waals surface area (Å²) >= 11 is 1.70. The number of thiazole rings is 1. The van der Waals surface area contributed by atoms with Crippen LogP contribution >= 0.6 is 11.3 Å². The van der Waals surface area contributed by atoms with Crippen LogP contribution in [0.1, 0.15) is 35.6 Å². The van der Waals surface area contributed by atoms with Crippen molar-refractivity contribution in [2.24, 2.45) is 0 Å². The first-order valence-corrected chi connectivity index (χ1v) is 7.89. The summed E-state index contributed by atoms with van der Waals surface area (Å²) in [6, 6.07) is 0.183. The molecule has 1 N–H and O–H groups in total. The molecule has 20 heavy (non-hydrogen) atoms. The molecule has 7 heteroatoms. The average molecular weight is 291 g/mol. The van der Waals surface area contributed by atoms with Gasteiger partial charge >= 0.3 is 0 Å². The molecule has 1 saturated heterocycles. The fourth-order valence-corrected chi connectivity index (χ4v) is 3.44. The van der Waals surface area contributed by atoms with Crippen molar-refractivity contribution in [1.29, 1.82) is 0 Å². The maximum absolute atomic E-state index is 5.39. The lowest BCUT2D eigenvalue weighted by Gasteiger charge is -2.30. The van der Waals surface area contributed by atoms with Crippen LogP contribution in [0.5, 0.6) is 0 Å². The second-order valence-corrected chi connectivity index (χ2v) is 6.39. The normalized spacial score (nSPS) is 24.1. The van der Waals surface area contributed by atoms with Gasteiger partial charge in [-0.3, -0.25) is 4.90 Å². The Bertz CT molecular complexity index is 605. The van der Waals surface area contributed by atoms with E-state index in [1.54, 1.807) is 11.3 Å². The molecule has 2 aliphatic rings. The average Bonchev–Trinajstić information content (AvgIpc) is 3.01. The molecule has 1 aliphatic heterocycles. The zero-order valence-corrected chi connectivity index (χ0v) is 12.2. The largest absolute Gasteiger partial charge is 0.332 e. The summed E-state index contributed by atoms with van der Waals surface area (Å²) in [5, 5.41) is 10.7. The van der Waals surface area contributed by atoms with Gasteiger partial charge in [-0.1, -0.05) is 5.16 Å². The number of likely N-dealkylation sites (N-methyl/N-ethyl adjacent to an activating group) is 1. The lowest BCUT2D eigenvalue weighted by molar-refractivity contribution is 0.190. The van der Waals surface area contributed by atoms with Crippen LogP contribution in [0.2, 0.25) is 0 Å². The fourth-order valence-electron chi connectivity index (χ4n) is 2.47. The summed E-state index contributed by atoms with van der Waals surface area (Å²) in [6.07, 6.45) is 2.53. The Morgan fingerprint density at radius 3 is 3.10 bits per heavy atom. The van der Waals surface area contributed by atoms with E-state index < -0.39 is 0 Å². The fraction of sp³-hybridized carbons (Fsp3) is 0.615. The first-order chi connectivity index (χ1) is 9.81. The topological polar surface area (TPSA) is 67.1 Å². The standard InChI is InChI=1S/C13H17N5OS/c1-18-5-4-14-6-10(18)11-16-12(19-17-11)9-7-20-13(15-9)8-2-3-8/h7-8,10,14H,2-6H2,1H3. The molecule has 1 aliphatic carbocycles. The minimum atomic E-state index is 0.183. The molecular formula is C13H17N5OS. The Labute approximate surface area is 121 Å². The SMILES string of the molecule is CN1CCNCC1c1noc(-c2csc(C3CC3)n2)n1. The Morgan fingerprint density at radius 2 is 2.30 bits per heavy atom. The molecule has 0 spiro atoms. The van der Waals surface area contributed by atoms with E-state index >= 15 is 0 Å². The van der Waals surface area contributed by atoms with Crippen molar-refractivity contribution in [3.63, 3.8) is 0 Å². The van der Waals surface area contributed by atoms with Gasteiger partial charge in [0.15, 0.2) is 5.82 Å². The van der Waals surface area contributed by atoms with E-state index in [2.05, 4.69) is 32.4 Å². The van der Waals surface area contributed by atoms with E-state index in [-0.39, 0.29) is 6.04 Å². The highest BCUT2D eigenvalue weighted by Crippen LogP contribution is 2.42. The Balaban J connectivity index is 1.57. The molecule has 0 amide bonds. The quantitative estimate of drug-likeness (QED) is 0.927. The molecule has 1 atom stereocenters. The third-order valence-electron chi connectivity index (χ3n) is 3.92. The van der Waals surface area contributed by atoms with Crippen molar-refractivity contribution in [3.8, 4) is 11.6 Å². The van der Waals surface area contributed by atoms with E-state index in [9.17, 15) is 0 Å². The summed E-state index contributed by atoms with van der Waals surface area (Å²) in [5.74, 6) is 1.96. The number of nitrogens with one attached hydrogen (secondary N) is 1. The molecule has 106 valence electrons. The predicted octanol–water partition coefficient (Wildman–Crippen LogP) is 1.65. The van der Waals surface area contributed by atoms with Crippen molar-refractivity contribution in [2.75, 3.05) is 26.7 Å². The van der Waals surface area contributed by atoms with Crippen LogP contribution in [0.15, 0.2) is 9.90 Å². The van der Waals surface area contributed by atoms with Crippen LogP contribution in [0, 0.1) is 0 Å². The number of piperazine rings is 1. The predicted molar refractivity (Wildman–Crippen MR) is 75.6 cm³/mol. The molecule has 2 aromatic rings. The Kier molecular flexibility index (Phi) is 3.05. The third kappa shape index (κ3) is 2.25. The summed E-state index contributed by atoms with van der Waals surface area (Å²) in [4.78, 5) is 11.4. The highest BCUT2D eigenvalue weighted by atomic mass is 32.1. The van der Waals surface area contributed by atoms with Gasteiger partial charge in [-0.25, -0.2) is 4.98 Å². The number of hydrogen-bond acceptors (Lipinski definition) is 7. The summed E-state index contributed by atoms with van der Waals surface area (Å²) in [7, 11) is 2.09. The Hall–Kier alpha value is -1.31. The van der Waals surface area contributed by atoms with Gasteiger partial charge in [0.05, 0.1) is 11.0 Å². The number of hydrogen-bond donors (Lipinski definition) is 1. The van der Waals surface area contributed by atoms with Gasteiger partial charge in [0.2, 0.25) is 0 Å². The first kappa shape index (κ1) is 12.4. The van der Waals surface area contributed by atoms with Gasteiger partial charge in [-0.05, 0) is 19.9 Å². The maximum atomic E-state index is 5.39. The van der Waals surface area contributed by atoms with Crippen LogP contribution in [0.25, 0.3) is 11.6 Å². The molecule has 1 unspecified atom stereocenters. The molecule has 2 aromatic heterocycles.